The summed E-state index contributed by atoms with van der Waals surface area (Å²) < 4.78 is 20.4. The Kier molecular flexibility index (Phi) is 6.70. The van der Waals surface area contributed by atoms with Crippen molar-refractivity contribution in [3.63, 3.8) is 0 Å². The first kappa shape index (κ1) is 18.0. The third-order valence-corrected chi connectivity index (χ3v) is 3.59. The second-order valence-corrected chi connectivity index (χ2v) is 5.35. The minimum Gasteiger partial charge on any atom is -0.463 e. The fourth-order valence-corrected chi connectivity index (χ4v) is 2.38. The first-order valence-electron chi connectivity index (χ1n) is 6.13. The van der Waals surface area contributed by atoms with Gasteiger partial charge in [0.25, 0.3) is 0 Å². The molecule has 1 heterocycles. The van der Waals surface area contributed by atoms with Crippen LogP contribution in [0.4, 0.5) is 0 Å². The highest BCUT2D eigenvalue weighted by Gasteiger charge is 2.49. The fourth-order valence-electron chi connectivity index (χ4n) is 1.85. The average molecular weight is 343 g/mol. The van der Waals surface area contributed by atoms with Crippen molar-refractivity contribution < 1.29 is 33.3 Å². The predicted molar refractivity (Wildman–Crippen MR) is 71.9 cm³/mol. The average Bonchev–Trinajstić information content (AvgIpc) is 2.35. The van der Waals surface area contributed by atoms with E-state index >= 15 is 0 Å². The zero-order chi connectivity index (χ0) is 16.2. The Balaban J connectivity index is 2.94. The van der Waals surface area contributed by atoms with Gasteiger partial charge in [-0.15, -0.1) is 11.6 Å². The van der Waals surface area contributed by atoms with E-state index in [0.717, 1.165) is 0 Å². The maximum atomic E-state index is 11.2. The van der Waals surface area contributed by atoms with Gasteiger partial charge in [0.1, 0.15) is 18.1 Å². The van der Waals surface area contributed by atoms with Crippen LogP contribution in [0, 0.1) is 0 Å². The highest BCUT2D eigenvalue weighted by molar-refractivity contribution is 6.29. The third kappa shape index (κ3) is 5.33. The Morgan fingerprint density at radius 1 is 0.952 bits per heavy atom. The Morgan fingerprint density at radius 2 is 1.48 bits per heavy atom. The Morgan fingerprint density at radius 3 is 1.95 bits per heavy atom. The van der Waals surface area contributed by atoms with Gasteiger partial charge in [0.15, 0.2) is 17.8 Å². The molecule has 1 fully saturated rings. The van der Waals surface area contributed by atoms with Crippen LogP contribution in [0.25, 0.3) is 0 Å². The van der Waals surface area contributed by atoms with E-state index in [-0.39, 0.29) is 6.61 Å². The van der Waals surface area contributed by atoms with Gasteiger partial charge in [-0.05, 0) is 0 Å². The first-order chi connectivity index (χ1) is 9.72. The Bertz CT molecular complexity index is 414. The lowest BCUT2D eigenvalue weighted by Gasteiger charge is -2.41. The van der Waals surface area contributed by atoms with Crippen LogP contribution in [-0.2, 0) is 33.3 Å². The van der Waals surface area contributed by atoms with Crippen LogP contribution in [0.15, 0.2) is 0 Å². The lowest BCUT2D eigenvalue weighted by molar-refractivity contribution is -0.204. The van der Waals surface area contributed by atoms with Crippen LogP contribution >= 0.6 is 23.2 Å². The van der Waals surface area contributed by atoms with Gasteiger partial charge in [0.2, 0.25) is 0 Å². The molecule has 0 aromatic rings. The van der Waals surface area contributed by atoms with Crippen LogP contribution in [0.5, 0.6) is 0 Å². The molecule has 0 N–H and O–H groups in total. The molecular weight excluding hydrogens is 327 g/mol. The van der Waals surface area contributed by atoms with E-state index in [2.05, 4.69) is 0 Å². The molecule has 1 rings (SSSR count). The molecule has 1 saturated heterocycles. The van der Waals surface area contributed by atoms with E-state index < -0.39 is 47.2 Å². The molecule has 1 aliphatic heterocycles. The monoisotopic (exact) mass is 342 g/mol. The topological polar surface area (TPSA) is 88.1 Å². The van der Waals surface area contributed by atoms with Gasteiger partial charge in [0, 0.05) is 20.8 Å². The molecule has 0 saturated carbocycles. The zero-order valence-electron chi connectivity index (χ0n) is 11.7. The summed E-state index contributed by atoms with van der Waals surface area (Å²) in [7, 11) is 0. The lowest BCUT2D eigenvalue weighted by atomic mass is 10.0. The van der Waals surface area contributed by atoms with Gasteiger partial charge in [0.05, 0.1) is 0 Å². The molecule has 0 aromatic heterocycles. The van der Waals surface area contributed by atoms with Gasteiger partial charge in [-0.1, -0.05) is 11.6 Å². The summed E-state index contributed by atoms with van der Waals surface area (Å²) in [5.74, 6) is -1.77. The van der Waals surface area contributed by atoms with Gasteiger partial charge in [-0.25, -0.2) is 0 Å². The smallest absolute Gasteiger partial charge is 0.303 e. The second kappa shape index (κ2) is 7.82. The molecule has 21 heavy (non-hydrogen) atoms. The largest absolute Gasteiger partial charge is 0.463 e. The summed E-state index contributed by atoms with van der Waals surface area (Å²) in [6.45, 7) is 3.38. The molecule has 0 bridgehead atoms. The molecule has 0 aliphatic carbocycles. The summed E-state index contributed by atoms with van der Waals surface area (Å²) in [6, 6.07) is 0. The number of hydrogen-bond acceptors (Lipinski definition) is 7. The van der Waals surface area contributed by atoms with Crippen LogP contribution in [-0.4, -0.2) is 53.8 Å². The molecule has 7 nitrogen and oxygen atoms in total. The van der Waals surface area contributed by atoms with Crippen LogP contribution in [0.1, 0.15) is 20.8 Å². The van der Waals surface area contributed by atoms with Gasteiger partial charge in [-0.2, -0.15) is 0 Å². The zero-order valence-corrected chi connectivity index (χ0v) is 13.2. The SMILES string of the molecule is CC(=O)OC[C@H]1O[C@H](Cl)[C@@H](Cl)[C@@H](OC(C)=O)[C@@H]1OC(C)=O. The van der Waals surface area contributed by atoms with Crippen molar-refractivity contribution >= 4 is 41.1 Å². The number of carbonyl (C=O) groups is 3. The highest BCUT2D eigenvalue weighted by Crippen LogP contribution is 2.31. The number of rotatable bonds is 4. The second-order valence-electron chi connectivity index (χ2n) is 4.42. The summed E-state index contributed by atoms with van der Waals surface area (Å²) in [4.78, 5) is 33.3. The van der Waals surface area contributed by atoms with Crippen molar-refractivity contribution in [2.75, 3.05) is 6.61 Å². The minimum absolute atomic E-state index is 0.210. The molecular formula is C12H16Cl2O7. The van der Waals surface area contributed by atoms with E-state index in [1.54, 1.807) is 0 Å². The van der Waals surface area contributed by atoms with Crippen LogP contribution in [0.2, 0.25) is 0 Å². The van der Waals surface area contributed by atoms with E-state index in [1.165, 1.54) is 20.8 Å². The maximum absolute atomic E-state index is 11.2. The highest BCUT2D eigenvalue weighted by atomic mass is 35.5. The van der Waals surface area contributed by atoms with Crippen LogP contribution < -0.4 is 0 Å². The molecule has 5 atom stereocenters. The van der Waals surface area contributed by atoms with E-state index in [0.29, 0.717) is 0 Å². The summed E-state index contributed by atoms with van der Waals surface area (Å²) in [5, 5.41) is -0.923. The number of carbonyl (C=O) groups excluding carboxylic acids is 3. The third-order valence-electron chi connectivity index (χ3n) is 2.61. The van der Waals surface area contributed by atoms with Crippen molar-refractivity contribution in [3.05, 3.63) is 0 Å². The van der Waals surface area contributed by atoms with Crippen molar-refractivity contribution in [1.29, 1.82) is 0 Å². The predicted octanol–water partition coefficient (Wildman–Crippen LogP) is 0.984. The number of halogens is 2. The number of alkyl halides is 2. The molecule has 0 spiro atoms. The lowest BCUT2D eigenvalue weighted by Crippen LogP contribution is -2.58. The standard InChI is InChI=1S/C12H16Cl2O7/c1-5(15)18-4-8-10(19-6(2)16)11(20-7(3)17)9(13)12(14)21-8/h8-12H,4H2,1-3H3/t8-,9+,10-,11-,12+/m1/s1. The molecule has 9 heteroatoms. The summed E-state index contributed by atoms with van der Waals surface area (Å²) >= 11 is 12.0. The van der Waals surface area contributed by atoms with Gasteiger partial charge in [-0.3, -0.25) is 14.4 Å². The normalized spacial score (nSPS) is 32.1. The van der Waals surface area contributed by atoms with E-state index in [9.17, 15) is 14.4 Å². The molecule has 0 unspecified atom stereocenters. The van der Waals surface area contributed by atoms with Crippen LogP contribution in [0.3, 0.4) is 0 Å². The molecule has 120 valence electrons. The van der Waals surface area contributed by atoms with Crippen molar-refractivity contribution in [2.45, 2.75) is 50.0 Å². The van der Waals surface area contributed by atoms with Gasteiger partial charge < -0.3 is 18.9 Å². The molecule has 0 radical (unpaired) electrons. The van der Waals surface area contributed by atoms with Crippen molar-refractivity contribution in [3.8, 4) is 0 Å². The Labute approximate surface area is 131 Å². The Hall–Kier alpha value is -1.05. The van der Waals surface area contributed by atoms with Crippen molar-refractivity contribution in [2.24, 2.45) is 0 Å². The summed E-state index contributed by atoms with van der Waals surface area (Å²) in [5.41, 5.74) is -0.997. The summed E-state index contributed by atoms with van der Waals surface area (Å²) in [6.07, 6.45) is -2.92. The number of ether oxygens (including phenoxy) is 4. The number of esters is 3. The first-order valence-corrected chi connectivity index (χ1v) is 7.01. The maximum Gasteiger partial charge on any atom is 0.303 e. The minimum atomic E-state index is -1.02. The molecule has 0 amide bonds. The van der Waals surface area contributed by atoms with E-state index in [4.69, 9.17) is 42.1 Å². The fraction of sp³-hybridized carbons (Fsp3) is 0.750. The van der Waals surface area contributed by atoms with Gasteiger partial charge >= 0.3 is 17.9 Å². The number of hydrogen-bond donors (Lipinski definition) is 0. The van der Waals surface area contributed by atoms with E-state index in [1.807, 2.05) is 0 Å². The van der Waals surface area contributed by atoms with Crippen molar-refractivity contribution in [1.82, 2.24) is 0 Å². The quantitative estimate of drug-likeness (QED) is 0.427. The molecule has 0 aromatic carbocycles. The molecule has 1 aliphatic rings.